The third-order valence-corrected chi connectivity index (χ3v) is 5.11. The van der Waals surface area contributed by atoms with Crippen molar-refractivity contribution in [3.63, 3.8) is 0 Å². The third kappa shape index (κ3) is 4.71. The van der Waals surface area contributed by atoms with Crippen LogP contribution < -0.4 is 4.74 Å². The summed E-state index contributed by atoms with van der Waals surface area (Å²) >= 11 is 7.43. The molecule has 0 unspecified atom stereocenters. The molecular formula is C20H19ClN2O3S. The molecule has 0 atom stereocenters. The molecule has 0 aliphatic carbocycles. The SMILES string of the molecule is COCCN1C(=O)C(=Cc2cc(Cl)ccc2OC)SC1=Nc1ccccc1. The summed E-state index contributed by atoms with van der Waals surface area (Å²) < 4.78 is 10.5. The molecule has 1 aliphatic rings. The molecule has 0 N–H and O–H groups in total. The number of halogens is 1. The minimum absolute atomic E-state index is 0.117. The van der Waals surface area contributed by atoms with Gasteiger partial charge in [0.1, 0.15) is 5.75 Å². The van der Waals surface area contributed by atoms with Gasteiger partial charge in [-0.1, -0.05) is 29.8 Å². The van der Waals surface area contributed by atoms with Gasteiger partial charge < -0.3 is 9.47 Å². The van der Waals surface area contributed by atoms with Crippen molar-refractivity contribution in [3.8, 4) is 5.75 Å². The number of aliphatic imine (C=N–C) groups is 1. The minimum Gasteiger partial charge on any atom is -0.496 e. The van der Waals surface area contributed by atoms with E-state index in [-0.39, 0.29) is 5.91 Å². The van der Waals surface area contributed by atoms with Gasteiger partial charge in [0, 0.05) is 17.7 Å². The Hall–Kier alpha value is -2.28. The average Bonchev–Trinajstić information content (AvgIpc) is 2.95. The number of rotatable bonds is 6. The highest BCUT2D eigenvalue weighted by Gasteiger charge is 2.33. The molecule has 27 heavy (non-hydrogen) atoms. The molecule has 3 rings (SSSR count). The van der Waals surface area contributed by atoms with Crippen LogP contribution in [0.25, 0.3) is 6.08 Å². The van der Waals surface area contributed by atoms with Crippen LogP contribution in [0.4, 0.5) is 5.69 Å². The monoisotopic (exact) mass is 402 g/mol. The van der Waals surface area contributed by atoms with Crippen LogP contribution in [0.15, 0.2) is 58.4 Å². The van der Waals surface area contributed by atoms with E-state index in [0.29, 0.717) is 34.0 Å². The number of methoxy groups -OCH3 is 2. The number of hydrogen-bond donors (Lipinski definition) is 0. The zero-order chi connectivity index (χ0) is 19.2. The predicted octanol–water partition coefficient (Wildman–Crippen LogP) is 4.60. The Balaban J connectivity index is 1.97. The molecule has 7 heteroatoms. The Morgan fingerprint density at radius 2 is 1.96 bits per heavy atom. The smallest absolute Gasteiger partial charge is 0.266 e. The molecule has 0 radical (unpaired) electrons. The Labute approximate surface area is 167 Å². The number of ether oxygens (including phenoxy) is 2. The van der Waals surface area contributed by atoms with E-state index in [1.54, 1.807) is 43.4 Å². The standard InChI is InChI=1S/C20H19ClN2O3S/c1-25-11-10-23-19(24)18(13-14-12-15(21)8-9-17(14)26-2)27-20(23)22-16-6-4-3-5-7-16/h3-9,12-13H,10-11H2,1-2H3. The van der Waals surface area contributed by atoms with E-state index >= 15 is 0 Å². The normalized spacial score (nSPS) is 17.1. The summed E-state index contributed by atoms with van der Waals surface area (Å²) in [6.45, 7) is 0.853. The molecule has 2 aromatic rings. The van der Waals surface area contributed by atoms with Gasteiger partial charge >= 0.3 is 0 Å². The summed E-state index contributed by atoms with van der Waals surface area (Å²) in [6, 6.07) is 14.8. The van der Waals surface area contributed by atoms with E-state index in [1.165, 1.54) is 11.8 Å². The summed E-state index contributed by atoms with van der Waals surface area (Å²) in [5.74, 6) is 0.533. The molecule has 2 aromatic carbocycles. The summed E-state index contributed by atoms with van der Waals surface area (Å²) in [7, 11) is 3.19. The van der Waals surface area contributed by atoms with E-state index in [9.17, 15) is 4.79 Å². The Kier molecular flexibility index (Phi) is 6.55. The Morgan fingerprint density at radius 3 is 2.67 bits per heavy atom. The number of nitrogens with zero attached hydrogens (tertiary/aromatic N) is 2. The fourth-order valence-corrected chi connectivity index (χ4v) is 3.74. The molecule has 1 fully saturated rings. The molecule has 0 spiro atoms. The molecule has 1 saturated heterocycles. The van der Waals surface area contributed by atoms with Crippen molar-refractivity contribution >= 4 is 46.2 Å². The second-order valence-corrected chi connectivity index (χ2v) is 7.12. The second-order valence-electron chi connectivity index (χ2n) is 5.68. The predicted molar refractivity (Wildman–Crippen MR) is 111 cm³/mol. The highest BCUT2D eigenvalue weighted by molar-refractivity contribution is 8.18. The topological polar surface area (TPSA) is 51.1 Å². The molecule has 1 aliphatic heterocycles. The fraction of sp³-hybridized carbons (Fsp3) is 0.200. The van der Waals surface area contributed by atoms with Crippen LogP contribution in [0, 0.1) is 0 Å². The van der Waals surface area contributed by atoms with Crippen molar-refractivity contribution in [1.29, 1.82) is 0 Å². The number of para-hydroxylation sites is 1. The molecular weight excluding hydrogens is 384 g/mol. The number of amides is 1. The second kappa shape index (κ2) is 9.08. The largest absolute Gasteiger partial charge is 0.496 e. The Morgan fingerprint density at radius 1 is 1.19 bits per heavy atom. The van der Waals surface area contributed by atoms with E-state index in [0.717, 1.165) is 11.3 Å². The third-order valence-electron chi connectivity index (χ3n) is 3.87. The van der Waals surface area contributed by atoms with Gasteiger partial charge in [-0.05, 0) is 48.2 Å². The lowest BCUT2D eigenvalue weighted by molar-refractivity contribution is -0.122. The Bertz CT molecular complexity index is 884. The van der Waals surface area contributed by atoms with Crippen LogP contribution in [0.1, 0.15) is 5.56 Å². The van der Waals surface area contributed by atoms with Crippen LogP contribution >= 0.6 is 23.4 Å². The first kappa shape index (κ1) is 19.5. The van der Waals surface area contributed by atoms with Crippen molar-refractivity contribution in [2.24, 2.45) is 4.99 Å². The van der Waals surface area contributed by atoms with Crippen molar-refractivity contribution in [2.45, 2.75) is 0 Å². The van der Waals surface area contributed by atoms with E-state index in [2.05, 4.69) is 4.99 Å². The average molecular weight is 403 g/mol. The zero-order valence-corrected chi connectivity index (χ0v) is 16.6. The highest BCUT2D eigenvalue weighted by atomic mass is 35.5. The molecule has 140 valence electrons. The molecule has 0 saturated carbocycles. The van der Waals surface area contributed by atoms with Crippen LogP contribution in [0.3, 0.4) is 0 Å². The maximum absolute atomic E-state index is 12.9. The number of hydrogen-bond acceptors (Lipinski definition) is 5. The lowest BCUT2D eigenvalue weighted by Crippen LogP contribution is -2.32. The molecule has 5 nitrogen and oxygen atoms in total. The first-order valence-corrected chi connectivity index (χ1v) is 9.49. The van der Waals surface area contributed by atoms with E-state index in [4.69, 9.17) is 21.1 Å². The summed E-state index contributed by atoms with van der Waals surface area (Å²) in [4.78, 5) is 19.7. The number of benzene rings is 2. The number of thioether (sulfide) groups is 1. The molecule has 1 amide bonds. The van der Waals surface area contributed by atoms with E-state index in [1.807, 2.05) is 30.3 Å². The molecule has 0 aromatic heterocycles. The quantitative estimate of drug-likeness (QED) is 0.662. The first-order chi connectivity index (χ1) is 13.1. The first-order valence-electron chi connectivity index (χ1n) is 8.30. The fourth-order valence-electron chi connectivity index (χ4n) is 2.54. The maximum Gasteiger partial charge on any atom is 0.266 e. The zero-order valence-electron chi connectivity index (χ0n) is 15.0. The van der Waals surface area contributed by atoms with Crippen molar-refractivity contribution in [3.05, 3.63) is 64.0 Å². The van der Waals surface area contributed by atoms with Gasteiger partial charge in [0.2, 0.25) is 0 Å². The van der Waals surface area contributed by atoms with Gasteiger partial charge in [-0.3, -0.25) is 9.69 Å². The lowest BCUT2D eigenvalue weighted by atomic mass is 10.2. The number of carbonyl (C=O) groups excluding carboxylic acids is 1. The van der Waals surface area contributed by atoms with Crippen LogP contribution in [-0.4, -0.2) is 43.3 Å². The van der Waals surface area contributed by atoms with Gasteiger partial charge in [-0.25, -0.2) is 4.99 Å². The van der Waals surface area contributed by atoms with E-state index < -0.39 is 0 Å². The summed E-state index contributed by atoms with van der Waals surface area (Å²) in [6.07, 6.45) is 1.78. The van der Waals surface area contributed by atoms with Crippen LogP contribution in [0.2, 0.25) is 5.02 Å². The molecule has 1 heterocycles. The van der Waals surface area contributed by atoms with Gasteiger partial charge in [0.25, 0.3) is 5.91 Å². The number of amidine groups is 1. The maximum atomic E-state index is 12.9. The summed E-state index contributed by atoms with van der Waals surface area (Å²) in [5.41, 5.74) is 1.53. The van der Waals surface area contributed by atoms with Crippen LogP contribution in [0.5, 0.6) is 5.75 Å². The van der Waals surface area contributed by atoms with Crippen molar-refractivity contribution in [1.82, 2.24) is 4.90 Å². The van der Waals surface area contributed by atoms with Crippen molar-refractivity contribution in [2.75, 3.05) is 27.4 Å². The summed E-state index contributed by atoms with van der Waals surface area (Å²) in [5, 5.41) is 1.20. The number of carbonyl (C=O) groups is 1. The minimum atomic E-state index is -0.117. The highest BCUT2D eigenvalue weighted by Crippen LogP contribution is 2.36. The van der Waals surface area contributed by atoms with Gasteiger partial charge in [0.15, 0.2) is 5.17 Å². The van der Waals surface area contributed by atoms with Gasteiger partial charge in [0.05, 0.1) is 30.9 Å². The lowest BCUT2D eigenvalue weighted by Gasteiger charge is -2.14. The molecule has 0 bridgehead atoms. The van der Waals surface area contributed by atoms with Gasteiger partial charge in [-0.2, -0.15) is 0 Å². The van der Waals surface area contributed by atoms with Crippen molar-refractivity contribution < 1.29 is 14.3 Å². The van der Waals surface area contributed by atoms with Gasteiger partial charge in [-0.15, -0.1) is 0 Å². The van der Waals surface area contributed by atoms with Crippen LogP contribution in [-0.2, 0) is 9.53 Å².